The van der Waals surface area contributed by atoms with Crippen LogP contribution in [0.4, 0.5) is 5.82 Å². The summed E-state index contributed by atoms with van der Waals surface area (Å²) in [6, 6.07) is 7.29. The van der Waals surface area contributed by atoms with Crippen molar-refractivity contribution in [1.29, 1.82) is 0 Å². The van der Waals surface area contributed by atoms with Gasteiger partial charge >= 0.3 is 0 Å². The van der Waals surface area contributed by atoms with Gasteiger partial charge in [-0.25, -0.2) is 9.97 Å². The molecule has 0 atom stereocenters. The fraction of sp³-hybridized carbons (Fsp3) is 0.444. The second-order valence-corrected chi connectivity index (χ2v) is 6.12. The molecule has 0 amide bonds. The van der Waals surface area contributed by atoms with Crippen LogP contribution in [0, 0.1) is 0 Å². The van der Waals surface area contributed by atoms with Gasteiger partial charge in [0, 0.05) is 24.3 Å². The summed E-state index contributed by atoms with van der Waals surface area (Å²) < 4.78 is 5.47. The predicted octanol–water partition coefficient (Wildman–Crippen LogP) is 2.56. The molecule has 0 spiro atoms. The first-order valence-electron chi connectivity index (χ1n) is 8.34. The van der Waals surface area contributed by atoms with E-state index >= 15 is 0 Å². The first-order chi connectivity index (χ1) is 11.3. The number of nitrogens with zero attached hydrogens (tertiary/aromatic N) is 3. The number of phenolic OH excluding ortho intramolecular Hbond substituents is 1. The Hall–Kier alpha value is -2.14. The summed E-state index contributed by atoms with van der Waals surface area (Å²) >= 11 is 0. The highest BCUT2D eigenvalue weighted by atomic mass is 16.5. The summed E-state index contributed by atoms with van der Waals surface area (Å²) in [5.41, 5.74) is 3.14. The summed E-state index contributed by atoms with van der Waals surface area (Å²) in [4.78, 5) is 11.9. The van der Waals surface area contributed by atoms with Gasteiger partial charge in [0.15, 0.2) is 5.82 Å². The van der Waals surface area contributed by atoms with Crippen LogP contribution in [0.5, 0.6) is 5.75 Å². The molecule has 120 valence electrons. The number of fused-ring (bicyclic) bond motifs is 1. The van der Waals surface area contributed by atoms with Crippen molar-refractivity contribution in [3.8, 4) is 17.1 Å². The van der Waals surface area contributed by atoms with E-state index in [1.54, 1.807) is 6.07 Å². The molecule has 0 unspecified atom stereocenters. The van der Waals surface area contributed by atoms with Gasteiger partial charge in [-0.3, -0.25) is 0 Å². The number of benzene rings is 1. The number of aromatic hydroxyl groups is 1. The van der Waals surface area contributed by atoms with Gasteiger partial charge in [0.05, 0.1) is 18.8 Å². The molecule has 23 heavy (non-hydrogen) atoms. The van der Waals surface area contributed by atoms with Crippen LogP contribution in [0.3, 0.4) is 0 Å². The number of rotatable bonds is 2. The molecule has 1 aromatic heterocycles. The third-order valence-corrected chi connectivity index (χ3v) is 4.62. The quantitative estimate of drug-likeness (QED) is 0.923. The summed E-state index contributed by atoms with van der Waals surface area (Å²) in [5.74, 6) is 1.90. The highest BCUT2D eigenvalue weighted by Crippen LogP contribution is 2.33. The highest BCUT2D eigenvalue weighted by molar-refractivity contribution is 5.66. The molecule has 2 heterocycles. The number of hydrogen-bond acceptors (Lipinski definition) is 5. The van der Waals surface area contributed by atoms with Crippen LogP contribution in [0.2, 0.25) is 0 Å². The Bertz CT molecular complexity index is 711. The first-order valence-corrected chi connectivity index (χ1v) is 8.34. The van der Waals surface area contributed by atoms with E-state index in [0.717, 1.165) is 50.7 Å². The molecule has 0 radical (unpaired) electrons. The van der Waals surface area contributed by atoms with Crippen molar-refractivity contribution in [3.63, 3.8) is 0 Å². The molecule has 2 aliphatic rings. The molecule has 1 aliphatic carbocycles. The van der Waals surface area contributed by atoms with Crippen molar-refractivity contribution >= 4 is 5.82 Å². The molecule has 1 saturated heterocycles. The van der Waals surface area contributed by atoms with E-state index in [-0.39, 0.29) is 5.75 Å². The normalized spacial score (nSPS) is 17.8. The third-order valence-electron chi connectivity index (χ3n) is 4.62. The number of anilines is 1. The van der Waals surface area contributed by atoms with Gasteiger partial charge in [-0.05, 0) is 37.8 Å². The fourth-order valence-electron chi connectivity index (χ4n) is 3.39. The number of morpholine rings is 1. The fourth-order valence-corrected chi connectivity index (χ4v) is 3.39. The summed E-state index contributed by atoms with van der Waals surface area (Å²) in [6.07, 6.45) is 4.41. The van der Waals surface area contributed by atoms with E-state index in [4.69, 9.17) is 14.7 Å². The number of hydrogen-bond donors (Lipinski definition) is 1. The van der Waals surface area contributed by atoms with E-state index in [2.05, 4.69) is 4.90 Å². The average molecular weight is 311 g/mol. The molecular formula is C18H21N3O2. The molecule has 2 aromatic rings. The van der Waals surface area contributed by atoms with Gasteiger partial charge in [0.1, 0.15) is 11.6 Å². The second kappa shape index (κ2) is 6.16. The minimum Gasteiger partial charge on any atom is -0.507 e. The van der Waals surface area contributed by atoms with E-state index in [9.17, 15) is 5.11 Å². The van der Waals surface area contributed by atoms with Gasteiger partial charge in [-0.2, -0.15) is 0 Å². The Labute approximate surface area is 136 Å². The zero-order valence-electron chi connectivity index (χ0n) is 13.2. The van der Waals surface area contributed by atoms with E-state index < -0.39 is 0 Å². The molecule has 4 rings (SSSR count). The van der Waals surface area contributed by atoms with E-state index in [1.807, 2.05) is 18.2 Å². The monoisotopic (exact) mass is 311 g/mol. The van der Waals surface area contributed by atoms with Gasteiger partial charge in [0.2, 0.25) is 0 Å². The van der Waals surface area contributed by atoms with Crippen molar-refractivity contribution < 1.29 is 9.84 Å². The van der Waals surface area contributed by atoms with Crippen LogP contribution in [0.1, 0.15) is 24.1 Å². The lowest BCUT2D eigenvalue weighted by Crippen LogP contribution is -2.38. The standard InChI is InChI=1S/C18H21N3O2/c22-16-8-4-2-6-14(16)17-19-15-7-3-1-5-13(15)18(20-17)21-9-11-23-12-10-21/h2,4,6,8,22H,1,3,5,7,9-12H2. The Kier molecular flexibility index (Phi) is 3.87. The lowest BCUT2D eigenvalue weighted by molar-refractivity contribution is 0.122. The second-order valence-electron chi connectivity index (χ2n) is 6.12. The van der Waals surface area contributed by atoms with Gasteiger partial charge in [-0.1, -0.05) is 12.1 Å². The number of phenols is 1. The highest BCUT2D eigenvalue weighted by Gasteiger charge is 2.24. The number of aromatic nitrogens is 2. The molecule has 1 N–H and O–H groups in total. The molecule has 5 heteroatoms. The van der Waals surface area contributed by atoms with Crippen LogP contribution in [0.15, 0.2) is 24.3 Å². The van der Waals surface area contributed by atoms with Gasteiger partial charge < -0.3 is 14.7 Å². The molecule has 5 nitrogen and oxygen atoms in total. The lowest BCUT2D eigenvalue weighted by Gasteiger charge is -2.31. The summed E-state index contributed by atoms with van der Waals surface area (Å²) in [7, 11) is 0. The Morgan fingerprint density at radius 2 is 1.78 bits per heavy atom. The summed E-state index contributed by atoms with van der Waals surface area (Å²) in [5, 5.41) is 10.2. The van der Waals surface area contributed by atoms with Crippen LogP contribution in [-0.2, 0) is 17.6 Å². The summed E-state index contributed by atoms with van der Waals surface area (Å²) in [6.45, 7) is 3.21. The van der Waals surface area contributed by atoms with Crippen molar-refractivity contribution in [1.82, 2.24) is 9.97 Å². The molecule has 1 fully saturated rings. The topological polar surface area (TPSA) is 58.5 Å². The third kappa shape index (κ3) is 2.77. The van der Waals surface area contributed by atoms with Gasteiger partial charge in [-0.15, -0.1) is 0 Å². The lowest BCUT2D eigenvalue weighted by atomic mass is 9.95. The average Bonchev–Trinajstić information content (AvgIpc) is 2.62. The Morgan fingerprint density at radius 3 is 2.61 bits per heavy atom. The van der Waals surface area contributed by atoms with E-state index in [1.165, 1.54) is 18.4 Å². The smallest absolute Gasteiger partial charge is 0.165 e. The zero-order chi connectivity index (χ0) is 15.6. The van der Waals surface area contributed by atoms with E-state index in [0.29, 0.717) is 11.4 Å². The number of ether oxygens (including phenoxy) is 1. The SMILES string of the molecule is Oc1ccccc1-c1nc2c(c(N3CCOCC3)n1)CCCC2. The number of aryl methyl sites for hydroxylation is 1. The molecule has 1 aromatic carbocycles. The van der Waals surface area contributed by atoms with Gasteiger partial charge in [0.25, 0.3) is 0 Å². The number of para-hydroxylation sites is 1. The maximum Gasteiger partial charge on any atom is 0.165 e. The van der Waals surface area contributed by atoms with Crippen molar-refractivity contribution in [3.05, 3.63) is 35.5 Å². The maximum atomic E-state index is 10.2. The molecule has 1 aliphatic heterocycles. The minimum atomic E-state index is 0.233. The predicted molar refractivity (Wildman–Crippen MR) is 88.8 cm³/mol. The van der Waals surface area contributed by atoms with Crippen molar-refractivity contribution in [2.75, 3.05) is 31.2 Å². The largest absolute Gasteiger partial charge is 0.507 e. The van der Waals surface area contributed by atoms with Crippen molar-refractivity contribution in [2.45, 2.75) is 25.7 Å². The van der Waals surface area contributed by atoms with Crippen LogP contribution in [0.25, 0.3) is 11.4 Å². The molecule has 0 bridgehead atoms. The van der Waals surface area contributed by atoms with Crippen LogP contribution >= 0.6 is 0 Å². The maximum absolute atomic E-state index is 10.2. The Balaban J connectivity index is 1.83. The molecular weight excluding hydrogens is 290 g/mol. The van der Waals surface area contributed by atoms with Crippen molar-refractivity contribution in [2.24, 2.45) is 0 Å². The van der Waals surface area contributed by atoms with Crippen LogP contribution in [-0.4, -0.2) is 41.4 Å². The zero-order valence-corrected chi connectivity index (χ0v) is 13.2. The molecule has 0 saturated carbocycles. The Morgan fingerprint density at radius 1 is 1.00 bits per heavy atom. The van der Waals surface area contributed by atoms with Crippen LogP contribution < -0.4 is 4.90 Å². The minimum absolute atomic E-state index is 0.233. The first kappa shape index (κ1) is 14.5.